The van der Waals surface area contributed by atoms with Crippen LogP contribution in [0.1, 0.15) is 25.3 Å². The second-order valence-electron chi connectivity index (χ2n) is 5.63. The third kappa shape index (κ3) is 2.43. The van der Waals surface area contributed by atoms with Gasteiger partial charge in [0.25, 0.3) is 0 Å². The van der Waals surface area contributed by atoms with Gasteiger partial charge in [-0.2, -0.15) is 0 Å². The number of benzene rings is 1. The monoisotopic (exact) mass is 265 g/mol. The van der Waals surface area contributed by atoms with Crippen LogP contribution in [0, 0.1) is 5.92 Å². The number of nitrogens with two attached hydrogens (primary N) is 1. The number of anilines is 2. The minimum absolute atomic E-state index is 0.538. The van der Waals surface area contributed by atoms with Crippen molar-refractivity contribution in [2.24, 2.45) is 5.92 Å². The van der Waals surface area contributed by atoms with E-state index in [1.54, 1.807) is 0 Å². The van der Waals surface area contributed by atoms with Crippen molar-refractivity contribution in [2.75, 3.05) is 24.1 Å². The Kier molecular flexibility index (Phi) is 3.12. The van der Waals surface area contributed by atoms with E-state index in [-0.39, 0.29) is 0 Å². The highest BCUT2D eigenvalue weighted by atomic mass is 35.5. The lowest BCUT2D eigenvalue weighted by Gasteiger charge is -2.26. The van der Waals surface area contributed by atoms with E-state index in [1.807, 2.05) is 12.1 Å². The Morgan fingerprint density at radius 1 is 1.44 bits per heavy atom. The summed E-state index contributed by atoms with van der Waals surface area (Å²) in [5.74, 6) is 0.908. The molecule has 0 aromatic heterocycles. The second-order valence-corrected chi connectivity index (χ2v) is 6.07. The van der Waals surface area contributed by atoms with Gasteiger partial charge in [0.05, 0.1) is 11.4 Å². The molecule has 1 aromatic rings. The van der Waals surface area contributed by atoms with Crippen LogP contribution in [0.5, 0.6) is 0 Å². The Balaban J connectivity index is 1.88. The quantitative estimate of drug-likeness (QED) is 0.808. The Bertz CT molecular complexity index is 457. The van der Waals surface area contributed by atoms with Crippen LogP contribution in [0.3, 0.4) is 0 Å². The molecule has 3 nitrogen and oxygen atoms in total. The zero-order valence-corrected chi connectivity index (χ0v) is 11.5. The van der Waals surface area contributed by atoms with Crippen LogP contribution >= 0.6 is 11.6 Å². The zero-order valence-electron chi connectivity index (χ0n) is 10.7. The molecule has 1 atom stereocenters. The van der Waals surface area contributed by atoms with E-state index < -0.39 is 0 Å². The Morgan fingerprint density at radius 3 is 2.94 bits per heavy atom. The summed E-state index contributed by atoms with van der Waals surface area (Å²) >= 11 is 6.11. The first-order valence-corrected chi connectivity index (χ1v) is 7.07. The van der Waals surface area contributed by atoms with Crippen molar-refractivity contribution in [2.45, 2.75) is 32.4 Å². The van der Waals surface area contributed by atoms with Gasteiger partial charge in [-0.25, -0.2) is 0 Å². The maximum Gasteiger partial charge on any atom is 0.0621 e. The predicted octanol–water partition coefficient (Wildman–Crippen LogP) is 2.95. The van der Waals surface area contributed by atoms with Crippen LogP contribution in [-0.4, -0.2) is 24.0 Å². The number of nitrogens with one attached hydrogen (secondary N) is 1. The molecule has 1 saturated carbocycles. The van der Waals surface area contributed by atoms with Crippen molar-refractivity contribution in [3.8, 4) is 0 Å². The number of halogens is 1. The molecular formula is C14H20ClN3. The molecule has 18 heavy (non-hydrogen) atoms. The van der Waals surface area contributed by atoms with E-state index in [9.17, 15) is 0 Å². The third-order valence-corrected chi connectivity index (χ3v) is 4.19. The second kappa shape index (κ2) is 4.63. The Labute approximate surface area is 113 Å². The van der Waals surface area contributed by atoms with Gasteiger partial charge in [-0.15, -0.1) is 0 Å². The van der Waals surface area contributed by atoms with Crippen molar-refractivity contribution < 1.29 is 0 Å². The number of hydrogen-bond donors (Lipinski definition) is 2. The summed E-state index contributed by atoms with van der Waals surface area (Å²) in [7, 11) is 0. The first-order chi connectivity index (χ1) is 8.63. The highest BCUT2D eigenvalue weighted by Crippen LogP contribution is 2.35. The molecule has 3 rings (SSSR count). The van der Waals surface area contributed by atoms with Crippen LogP contribution in [0.4, 0.5) is 11.4 Å². The summed E-state index contributed by atoms with van der Waals surface area (Å²) < 4.78 is 0. The summed E-state index contributed by atoms with van der Waals surface area (Å²) in [6, 6.07) is 4.41. The molecule has 1 heterocycles. The van der Waals surface area contributed by atoms with Gasteiger partial charge < -0.3 is 11.1 Å². The maximum atomic E-state index is 6.11. The van der Waals surface area contributed by atoms with E-state index in [0.29, 0.717) is 6.04 Å². The molecule has 0 unspecified atom stereocenters. The Morgan fingerprint density at radius 2 is 2.22 bits per heavy atom. The highest BCUT2D eigenvalue weighted by molar-refractivity contribution is 6.31. The molecule has 0 bridgehead atoms. The van der Waals surface area contributed by atoms with Gasteiger partial charge in [-0.05, 0) is 43.4 Å². The van der Waals surface area contributed by atoms with Crippen molar-refractivity contribution >= 4 is 23.0 Å². The van der Waals surface area contributed by atoms with Crippen molar-refractivity contribution in [1.82, 2.24) is 4.90 Å². The fraction of sp³-hybridized carbons (Fsp3) is 0.571. The number of fused-ring (bicyclic) bond motifs is 1. The van der Waals surface area contributed by atoms with Gasteiger partial charge in [0.2, 0.25) is 0 Å². The molecule has 2 aliphatic rings. The van der Waals surface area contributed by atoms with Crippen LogP contribution < -0.4 is 11.1 Å². The molecule has 98 valence electrons. The lowest BCUT2D eigenvalue weighted by Crippen LogP contribution is -2.36. The molecule has 4 heteroatoms. The van der Waals surface area contributed by atoms with Gasteiger partial charge in [0.15, 0.2) is 0 Å². The van der Waals surface area contributed by atoms with E-state index in [0.717, 1.165) is 35.4 Å². The van der Waals surface area contributed by atoms with E-state index >= 15 is 0 Å². The van der Waals surface area contributed by atoms with Gasteiger partial charge in [0, 0.05) is 30.7 Å². The van der Waals surface area contributed by atoms with Crippen LogP contribution in [0.2, 0.25) is 5.02 Å². The van der Waals surface area contributed by atoms with Crippen molar-refractivity contribution in [3.05, 3.63) is 22.7 Å². The normalized spacial score (nSPS) is 24.2. The lowest BCUT2D eigenvalue weighted by molar-refractivity contribution is 0.203. The summed E-state index contributed by atoms with van der Waals surface area (Å²) in [4.78, 5) is 2.55. The van der Waals surface area contributed by atoms with Gasteiger partial charge >= 0.3 is 0 Å². The molecule has 0 spiro atoms. The SMILES string of the molecule is C[C@H]1CNc2c(N)cc(Cl)cc2CN1CC1CC1. The smallest absolute Gasteiger partial charge is 0.0621 e. The maximum absolute atomic E-state index is 6.11. The molecule has 0 amide bonds. The molecule has 0 radical (unpaired) electrons. The molecule has 3 N–H and O–H groups in total. The van der Waals surface area contributed by atoms with Crippen LogP contribution in [0.15, 0.2) is 12.1 Å². The van der Waals surface area contributed by atoms with E-state index in [1.165, 1.54) is 24.9 Å². The average molecular weight is 266 g/mol. The number of hydrogen-bond acceptors (Lipinski definition) is 3. The molecular weight excluding hydrogens is 246 g/mol. The topological polar surface area (TPSA) is 41.3 Å². The van der Waals surface area contributed by atoms with Crippen molar-refractivity contribution in [1.29, 1.82) is 0 Å². The average Bonchev–Trinajstić information content (AvgIpc) is 3.10. The van der Waals surface area contributed by atoms with Gasteiger partial charge in [0.1, 0.15) is 0 Å². The lowest BCUT2D eigenvalue weighted by atomic mass is 10.1. The minimum Gasteiger partial charge on any atom is -0.397 e. The van der Waals surface area contributed by atoms with Gasteiger partial charge in [-0.1, -0.05) is 11.6 Å². The standard InChI is InChI=1S/C14H20ClN3/c1-9-6-17-14-11(4-12(15)5-13(14)16)8-18(9)7-10-2-3-10/h4-5,9-10,17H,2-3,6-8,16H2,1H3/t9-/m0/s1. The van der Waals surface area contributed by atoms with Crippen LogP contribution in [-0.2, 0) is 6.54 Å². The number of nitrogens with zero attached hydrogens (tertiary/aromatic N) is 1. The van der Waals surface area contributed by atoms with E-state index in [4.69, 9.17) is 17.3 Å². The molecule has 1 aromatic carbocycles. The fourth-order valence-electron chi connectivity index (χ4n) is 2.66. The minimum atomic E-state index is 0.538. The third-order valence-electron chi connectivity index (χ3n) is 3.98. The highest BCUT2D eigenvalue weighted by Gasteiger charge is 2.28. The van der Waals surface area contributed by atoms with Gasteiger partial charge in [-0.3, -0.25) is 4.90 Å². The number of nitrogen functional groups attached to an aromatic ring is 1. The van der Waals surface area contributed by atoms with Crippen molar-refractivity contribution in [3.63, 3.8) is 0 Å². The summed E-state index contributed by atoms with van der Waals surface area (Å²) in [6.07, 6.45) is 2.78. The summed E-state index contributed by atoms with van der Waals surface area (Å²) in [6.45, 7) is 5.38. The molecule has 1 aliphatic heterocycles. The van der Waals surface area contributed by atoms with Crippen LogP contribution in [0.25, 0.3) is 0 Å². The summed E-state index contributed by atoms with van der Waals surface area (Å²) in [5, 5.41) is 4.20. The first-order valence-electron chi connectivity index (χ1n) is 6.69. The Hall–Kier alpha value is -0.930. The molecule has 0 saturated heterocycles. The summed E-state index contributed by atoms with van der Waals surface area (Å²) in [5.41, 5.74) is 9.11. The number of rotatable bonds is 2. The predicted molar refractivity (Wildman–Crippen MR) is 77.0 cm³/mol. The zero-order chi connectivity index (χ0) is 12.7. The first kappa shape index (κ1) is 12.1. The largest absolute Gasteiger partial charge is 0.397 e. The molecule has 1 fully saturated rings. The van der Waals surface area contributed by atoms with E-state index in [2.05, 4.69) is 17.1 Å². The fourth-order valence-corrected chi connectivity index (χ4v) is 2.91. The molecule has 1 aliphatic carbocycles.